The number of fused-ring (bicyclic) bond motifs is 1. The first-order valence-corrected chi connectivity index (χ1v) is 6.49. The van der Waals surface area contributed by atoms with Crippen molar-refractivity contribution >= 4 is 16.9 Å². The van der Waals surface area contributed by atoms with Crippen LogP contribution in [-0.2, 0) is 9.53 Å². The second-order valence-electron chi connectivity index (χ2n) is 4.76. The van der Waals surface area contributed by atoms with Crippen molar-refractivity contribution in [2.24, 2.45) is 0 Å². The fourth-order valence-corrected chi connectivity index (χ4v) is 1.70. The molecule has 2 rings (SSSR count). The van der Waals surface area contributed by atoms with Crippen LogP contribution < -0.4 is 10.4 Å². The Morgan fingerprint density at radius 3 is 2.76 bits per heavy atom. The van der Waals surface area contributed by atoms with E-state index in [9.17, 15) is 9.59 Å². The number of rotatable bonds is 5. The number of carbonyl (C=O) groups is 1. The molecule has 1 aromatic heterocycles. The molecule has 0 N–H and O–H groups in total. The summed E-state index contributed by atoms with van der Waals surface area (Å²) < 4.78 is 15.7. The number of esters is 1. The zero-order valence-electron chi connectivity index (χ0n) is 11.9. The van der Waals surface area contributed by atoms with Gasteiger partial charge in [0.25, 0.3) is 0 Å². The third-order valence-electron chi connectivity index (χ3n) is 2.73. The van der Waals surface area contributed by atoms with E-state index in [0.29, 0.717) is 16.9 Å². The van der Waals surface area contributed by atoms with E-state index in [2.05, 4.69) is 6.58 Å². The molecule has 5 heteroatoms. The van der Waals surface area contributed by atoms with Crippen molar-refractivity contribution in [3.05, 3.63) is 52.9 Å². The van der Waals surface area contributed by atoms with E-state index in [1.165, 1.54) is 6.07 Å². The van der Waals surface area contributed by atoms with Crippen molar-refractivity contribution in [2.75, 3.05) is 6.61 Å². The summed E-state index contributed by atoms with van der Waals surface area (Å²) in [5.41, 5.74) is 0.379. The first kappa shape index (κ1) is 14.8. The molecule has 0 amide bonds. The Labute approximate surface area is 121 Å². The summed E-state index contributed by atoms with van der Waals surface area (Å²) >= 11 is 0. The van der Waals surface area contributed by atoms with E-state index in [0.717, 1.165) is 5.39 Å². The molecule has 1 heterocycles. The van der Waals surface area contributed by atoms with E-state index in [1.54, 1.807) is 38.1 Å². The van der Waals surface area contributed by atoms with Crippen molar-refractivity contribution in [3.8, 4) is 5.75 Å². The van der Waals surface area contributed by atoms with Gasteiger partial charge in [0.2, 0.25) is 0 Å². The minimum Gasteiger partial charge on any atom is -0.487 e. The maximum absolute atomic E-state index is 11.3. The minimum absolute atomic E-state index is 0.114. The van der Waals surface area contributed by atoms with Crippen LogP contribution in [-0.4, -0.2) is 18.7 Å². The molecule has 0 bridgehead atoms. The van der Waals surface area contributed by atoms with Gasteiger partial charge in [0.05, 0.1) is 0 Å². The zero-order valence-corrected chi connectivity index (χ0v) is 11.9. The summed E-state index contributed by atoms with van der Waals surface area (Å²) in [4.78, 5) is 22.5. The second kappa shape index (κ2) is 6.26. The van der Waals surface area contributed by atoms with Gasteiger partial charge in [-0.15, -0.1) is 0 Å². The molecule has 0 aliphatic rings. The number of ether oxygens (including phenoxy) is 2. The maximum Gasteiger partial charge on any atom is 0.336 e. The van der Waals surface area contributed by atoms with Crippen LogP contribution in [0.2, 0.25) is 0 Å². The lowest BCUT2D eigenvalue weighted by Gasteiger charge is -2.15. The van der Waals surface area contributed by atoms with E-state index >= 15 is 0 Å². The maximum atomic E-state index is 11.3. The van der Waals surface area contributed by atoms with E-state index in [4.69, 9.17) is 13.9 Å². The highest BCUT2D eigenvalue weighted by Crippen LogP contribution is 2.20. The van der Waals surface area contributed by atoms with Crippen molar-refractivity contribution in [3.63, 3.8) is 0 Å². The molecule has 0 fully saturated rings. The van der Waals surface area contributed by atoms with E-state index < -0.39 is 11.6 Å². The van der Waals surface area contributed by atoms with Crippen molar-refractivity contribution in [1.29, 1.82) is 0 Å². The Bertz CT molecular complexity index is 729. The highest BCUT2D eigenvalue weighted by Gasteiger charge is 2.10. The first-order valence-electron chi connectivity index (χ1n) is 6.49. The molecule has 110 valence electrons. The molecule has 0 saturated heterocycles. The van der Waals surface area contributed by atoms with Crippen molar-refractivity contribution in [1.82, 2.24) is 0 Å². The van der Waals surface area contributed by atoms with Crippen molar-refractivity contribution in [2.45, 2.75) is 20.0 Å². The smallest absolute Gasteiger partial charge is 0.336 e. The van der Waals surface area contributed by atoms with Gasteiger partial charge in [-0.2, -0.15) is 0 Å². The number of hydrogen-bond acceptors (Lipinski definition) is 5. The Morgan fingerprint density at radius 2 is 2.05 bits per heavy atom. The van der Waals surface area contributed by atoms with Crippen LogP contribution in [0.5, 0.6) is 5.75 Å². The molecule has 0 aliphatic heterocycles. The van der Waals surface area contributed by atoms with Gasteiger partial charge in [-0.05, 0) is 32.0 Å². The van der Waals surface area contributed by atoms with Crippen LogP contribution in [0.25, 0.3) is 11.0 Å². The van der Waals surface area contributed by atoms with Gasteiger partial charge < -0.3 is 13.9 Å². The molecule has 0 aliphatic carbocycles. The van der Waals surface area contributed by atoms with Crippen LogP contribution in [0.3, 0.4) is 0 Å². The summed E-state index contributed by atoms with van der Waals surface area (Å²) in [5.74, 6) is 0.0886. The van der Waals surface area contributed by atoms with E-state index in [1.807, 2.05) is 0 Å². The lowest BCUT2D eigenvalue weighted by molar-refractivity contribution is -0.141. The third kappa shape index (κ3) is 3.95. The normalized spacial score (nSPS) is 11.9. The van der Waals surface area contributed by atoms with Crippen LogP contribution in [0.1, 0.15) is 13.8 Å². The molecule has 0 spiro atoms. The molecule has 0 saturated carbocycles. The SMILES string of the molecule is C=C(C)C(=O)OCC(C)Oc1ccc2ccc(=O)oc2c1. The van der Waals surface area contributed by atoms with Crippen LogP contribution in [0.15, 0.2) is 51.7 Å². The molecule has 5 nitrogen and oxygen atoms in total. The van der Waals surface area contributed by atoms with Gasteiger partial charge in [-0.1, -0.05) is 6.58 Å². The Balaban J connectivity index is 2.03. The summed E-state index contributed by atoms with van der Waals surface area (Å²) in [7, 11) is 0. The summed E-state index contributed by atoms with van der Waals surface area (Å²) in [6, 6.07) is 8.24. The summed E-state index contributed by atoms with van der Waals surface area (Å²) in [6.45, 7) is 6.97. The Morgan fingerprint density at radius 1 is 1.33 bits per heavy atom. The fraction of sp³-hybridized carbons (Fsp3) is 0.250. The van der Waals surface area contributed by atoms with Crippen LogP contribution >= 0.6 is 0 Å². The highest BCUT2D eigenvalue weighted by atomic mass is 16.6. The largest absolute Gasteiger partial charge is 0.487 e. The quantitative estimate of drug-likeness (QED) is 0.481. The second-order valence-corrected chi connectivity index (χ2v) is 4.76. The fourth-order valence-electron chi connectivity index (χ4n) is 1.70. The Hall–Kier alpha value is -2.56. The van der Waals surface area contributed by atoms with Gasteiger partial charge in [0, 0.05) is 23.1 Å². The lowest BCUT2D eigenvalue weighted by atomic mass is 10.2. The van der Waals surface area contributed by atoms with E-state index in [-0.39, 0.29) is 12.7 Å². The molecule has 1 unspecified atom stereocenters. The average Bonchev–Trinajstić information content (AvgIpc) is 2.44. The first-order chi connectivity index (χ1) is 9.95. The van der Waals surface area contributed by atoms with Crippen LogP contribution in [0, 0.1) is 0 Å². The lowest BCUT2D eigenvalue weighted by Crippen LogP contribution is -2.21. The predicted octanol–water partition coefficient (Wildman–Crippen LogP) is 2.68. The van der Waals surface area contributed by atoms with Gasteiger partial charge >= 0.3 is 11.6 Å². The average molecular weight is 288 g/mol. The molecular formula is C16H16O5. The number of benzene rings is 1. The van der Waals surface area contributed by atoms with Crippen molar-refractivity contribution < 1.29 is 18.7 Å². The molecular weight excluding hydrogens is 272 g/mol. The zero-order chi connectivity index (χ0) is 15.4. The number of carbonyl (C=O) groups excluding carboxylic acids is 1. The van der Waals surface area contributed by atoms with Gasteiger partial charge in [-0.3, -0.25) is 0 Å². The van der Waals surface area contributed by atoms with Gasteiger partial charge in [-0.25, -0.2) is 9.59 Å². The molecule has 2 aromatic rings. The highest BCUT2D eigenvalue weighted by molar-refractivity contribution is 5.86. The minimum atomic E-state index is -0.449. The van der Waals surface area contributed by atoms with Gasteiger partial charge in [0.1, 0.15) is 24.0 Å². The molecule has 0 radical (unpaired) electrons. The predicted molar refractivity (Wildman–Crippen MR) is 78.3 cm³/mol. The molecule has 1 aromatic carbocycles. The Kier molecular flexibility index (Phi) is 4.42. The van der Waals surface area contributed by atoms with Gasteiger partial charge in [0.15, 0.2) is 0 Å². The standard InChI is InChI=1S/C16H16O5/c1-10(2)16(18)19-9-11(3)20-13-6-4-12-5-7-15(17)21-14(12)8-13/h4-8,11H,1,9H2,2-3H3. The molecule has 1 atom stereocenters. The number of hydrogen-bond donors (Lipinski definition) is 0. The van der Waals surface area contributed by atoms with Crippen LogP contribution in [0.4, 0.5) is 0 Å². The third-order valence-corrected chi connectivity index (χ3v) is 2.73. The summed E-state index contributed by atoms with van der Waals surface area (Å²) in [5, 5.41) is 0.809. The monoisotopic (exact) mass is 288 g/mol. The molecule has 21 heavy (non-hydrogen) atoms. The summed E-state index contributed by atoms with van der Waals surface area (Å²) in [6.07, 6.45) is -0.332. The topological polar surface area (TPSA) is 65.7 Å².